The molecule has 1 saturated heterocycles. The van der Waals surface area contributed by atoms with Crippen molar-refractivity contribution in [3.63, 3.8) is 0 Å². The molecule has 1 aliphatic heterocycles. The number of hydrogen-bond donors (Lipinski definition) is 0. The van der Waals surface area contributed by atoms with Crippen LogP contribution in [0.3, 0.4) is 0 Å². The van der Waals surface area contributed by atoms with Gasteiger partial charge < -0.3 is 14.2 Å². The third-order valence-corrected chi connectivity index (χ3v) is 6.38. The molecule has 1 aliphatic carbocycles. The van der Waals surface area contributed by atoms with Crippen molar-refractivity contribution in [2.75, 3.05) is 13.2 Å². The number of halogens is 4. The van der Waals surface area contributed by atoms with Gasteiger partial charge in [-0.2, -0.15) is 0 Å². The third kappa shape index (κ3) is 7.21. The normalized spacial score (nSPS) is 27.2. The van der Waals surface area contributed by atoms with Gasteiger partial charge in [0.1, 0.15) is 0 Å². The maximum atomic E-state index is 14.1. The number of allylic oxidation sites excluding steroid dienone is 1. The minimum atomic E-state index is -2.75. The second-order valence-electron chi connectivity index (χ2n) is 8.63. The van der Waals surface area contributed by atoms with E-state index in [2.05, 4.69) is 11.7 Å². The first kappa shape index (κ1) is 24.1. The van der Waals surface area contributed by atoms with Gasteiger partial charge in [0.05, 0.1) is 19.5 Å². The summed E-state index contributed by atoms with van der Waals surface area (Å²) in [5, 5.41) is 0. The summed E-state index contributed by atoms with van der Waals surface area (Å²) in [6.45, 7) is 3.58. The van der Waals surface area contributed by atoms with E-state index in [1.165, 1.54) is 38.5 Å². The minimum Gasteiger partial charge on any atom is -0.459 e. The number of alkyl halides is 2. The predicted molar refractivity (Wildman–Crippen MR) is 110 cm³/mol. The van der Waals surface area contributed by atoms with Gasteiger partial charge in [-0.15, -0.1) is 0 Å². The average Bonchev–Trinajstić information content (AvgIpc) is 2.75. The van der Waals surface area contributed by atoms with Gasteiger partial charge in [0, 0.05) is 18.4 Å². The lowest BCUT2D eigenvalue weighted by Gasteiger charge is -2.37. The van der Waals surface area contributed by atoms with Crippen LogP contribution in [0, 0.1) is 29.4 Å². The zero-order valence-electron chi connectivity index (χ0n) is 18.0. The molecular weight excluding hydrogens is 412 g/mol. The van der Waals surface area contributed by atoms with Crippen LogP contribution in [0.15, 0.2) is 24.5 Å². The van der Waals surface area contributed by atoms with Crippen LogP contribution in [0.2, 0.25) is 0 Å². The lowest BCUT2D eigenvalue weighted by atomic mass is 9.75. The predicted octanol–water partition coefficient (Wildman–Crippen LogP) is 6.65. The molecule has 174 valence electrons. The molecule has 0 aromatic heterocycles. The Labute approximate surface area is 181 Å². The fourth-order valence-electron chi connectivity index (χ4n) is 4.67. The first-order valence-corrected chi connectivity index (χ1v) is 11.3. The Morgan fingerprint density at radius 3 is 2.23 bits per heavy atom. The molecular formula is C24H32F4O3. The minimum absolute atomic E-state index is 0.373. The van der Waals surface area contributed by atoms with Gasteiger partial charge in [-0.05, 0) is 48.8 Å². The quantitative estimate of drug-likeness (QED) is 0.315. The molecule has 0 N–H and O–H groups in total. The second kappa shape index (κ2) is 11.9. The van der Waals surface area contributed by atoms with Crippen molar-refractivity contribution < 1.29 is 31.8 Å². The Kier molecular flexibility index (Phi) is 9.20. The van der Waals surface area contributed by atoms with Crippen LogP contribution in [0.5, 0.6) is 5.75 Å². The Bertz CT molecular complexity index is 686. The summed E-state index contributed by atoms with van der Waals surface area (Å²) in [5.74, 6) is -0.605. The lowest BCUT2D eigenvalue weighted by Crippen LogP contribution is -2.37. The molecule has 0 spiro atoms. The maximum absolute atomic E-state index is 14.1. The summed E-state index contributed by atoms with van der Waals surface area (Å²) in [4.78, 5) is 0. The molecule has 2 fully saturated rings. The summed E-state index contributed by atoms with van der Waals surface area (Å²) in [6.07, 6.45) is 6.38. The van der Waals surface area contributed by atoms with Gasteiger partial charge in [-0.25, -0.2) is 17.6 Å². The fraction of sp³-hybridized carbons (Fsp3) is 0.667. The summed E-state index contributed by atoms with van der Waals surface area (Å²) in [7, 11) is 0. The van der Waals surface area contributed by atoms with Crippen molar-refractivity contribution in [2.45, 2.75) is 71.0 Å². The second-order valence-corrected chi connectivity index (χ2v) is 8.63. The Hall–Kier alpha value is -1.60. The van der Waals surface area contributed by atoms with Gasteiger partial charge in [-0.3, -0.25) is 0 Å². The molecule has 0 unspecified atom stereocenters. The molecule has 1 aromatic rings. The first-order chi connectivity index (χ1) is 15.0. The first-order valence-electron chi connectivity index (χ1n) is 11.3. The van der Waals surface area contributed by atoms with E-state index in [1.54, 1.807) is 0 Å². The molecule has 0 bridgehead atoms. The third-order valence-electron chi connectivity index (χ3n) is 6.38. The molecule has 3 nitrogen and oxygen atoms in total. The van der Waals surface area contributed by atoms with E-state index in [0.717, 1.165) is 18.1 Å². The summed E-state index contributed by atoms with van der Waals surface area (Å²) < 4.78 is 68.7. The van der Waals surface area contributed by atoms with Crippen molar-refractivity contribution in [1.82, 2.24) is 0 Å². The van der Waals surface area contributed by atoms with Crippen LogP contribution in [-0.2, 0) is 15.9 Å². The molecule has 0 radical (unpaired) electrons. The fourth-order valence-corrected chi connectivity index (χ4v) is 4.67. The highest BCUT2D eigenvalue weighted by Gasteiger charge is 2.31. The van der Waals surface area contributed by atoms with Gasteiger partial charge in [0.25, 0.3) is 6.43 Å². The van der Waals surface area contributed by atoms with Crippen LogP contribution < -0.4 is 4.74 Å². The lowest BCUT2D eigenvalue weighted by molar-refractivity contribution is -0.212. The summed E-state index contributed by atoms with van der Waals surface area (Å²) in [6, 6.07) is 2.30. The average molecular weight is 445 g/mol. The number of aryl methyl sites for hydroxylation is 1. The van der Waals surface area contributed by atoms with Crippen molar-refractivity contribution >= 4 is 0 Å². The van der Waals surface area contributed by atoms with Crippen LogP contribution in [-0.4, -0.2) is 25.9 Å². The molecule has 1 heterocycles. The molecule has 2 aliphatic rings. The number of hydrogen-bond acceptors (Lipinski definition) is 3. The van der Waals surface area contributed by atoms with Gasteiger partial charge in [0.15, 0.2) is 23.7 Å². The maximum Gasteiger partial charge on any atom is 0.260 e. The molecule has 1 saturated carbocycles. The molecule has 7 heteroatoms. The Morgan fingerprint density at radius 2 is 1.65 bits per heavy atom. The van der Waals surface area contributed by atoms with E-state index < -0.39 is 23.8 Å². The van der Waals surface area contributed by atoms with Gasteiger partial charge >= 0.3 is 0 Å². The molecule has 1 aromatic carbocycles. The number of rotatable bonds is 9. The van der Waals surface area contributed by atoms with Crippen LogP contribution in [0.1, 0.15) is 57.4 Å². The van der Waals surface area contributed by atoms with E-state index in [4.69, 9.17) is 9.47 Å². The number of ether oxygens (including phenoxy) is 3. The Balaban J connectivity index is 1.42. The van der Waals surface area contributed by atoms with E-state index >= 15 is 0 Å². The topological polar surface area (TPSA) is 27.7 Å². The van der Waals surface area contributed by atoms with Gasteiger partial charge in [-0.1, -0.05) is 32.6 Å². The highest BCUT2D eigenvalue weighted by Crippen LogP contribution is 2.37. The smallest absolute Gasteiger partial charge is 0.260 e. The van der Waals surface area contributed by atoms with E-state index in [9.17, 15) is 17.6 Å². The zero-order chi connectivity index (χ0) is 22.2. The van der Waals surface area contributed by atoms with Gasteiger partial charge in [0.2, 0.25) is 0 Å². The highest BCUT2D eigenvalue weighted by molar-refractivity contribution is 5.32. The van der Waals surface area contributed by atoms with E-state index in [1.807, 2.05) is 0 Å². The highest BCUT2D eigenvalue weighted by atomic mass is 19.3. The zero-order valence-corrected chi connectivity index (χ0v) is 18.0. The van der Waals surface area contributed by atoms with Crippen LogP contribution in [0.4, 0.5) is 17.6 Å². The monoisotopic (exact) mass is 444 g/mol. The van der Waals surface area contributed by atoms with Crippen molar-refractivity contribution in [3.05, 3.63) is 41.7 Å². The largest absolute Gasteiger partial charge is 0.459 e. The van der Waals surface area contributed by atoms with Crippen molar-refractivity contribution in [3.8, 4) is 5.75 Å². The molecule has 0 atom stereocenters. The Morgan fingerprint density at radius 1 is 1.00 bits per heavy atom. The molecule has 31 heavy (non-hydrogen) atoms. The molecule has 0 amide bonds. The van der Waals surface area contributed by atoms with Crippen molar-refractivity contribution in [1.29, 1.82) is 0 Å². The van der Waals surface area contributed by atoms with Crippen molar-refractivity contribution in [2.24, 2.45) is 17.8 Å². The standard InChI is InChI=1S/C24H32F4O3/c1-2-3-16-4-7-18(8-5-16)19-14-30-23(31-15-19)9-6-17-12-20(25)24(21(26)13-17)29-11-10-22(27)28/h10-13,16,18-19,22-23H,2-9,14-15H2,1H3/b11-10+. The SMILES string of the molecule is CCCC1CCC(C2COC(CCc3cc(F)c(O/C=C/C(F)F)c(F)c3)OC2)CC1. The van der Waals surface area contributed by atoms with E-state index in [-0.39, 0.29) is 6.29 Å². The molecule has 3 rings (SSSR count). The summed E-state index contributed by atoms with van der Waals surface area (Å²) >= 11 is 0. The van der Waals surface area contributed by atoms with Crippen LogP contribution in [0.25, 0.3) is 0 Å². The van der Waals surface area contributed by atoms with Crippen LogP contribution >= 0.6 is 0 Å². The number of benzene rings is 1. The van der Waals surface area contributed by atoms with E-state index in [0.29, 0.717) is 55.8 Å². The summed E-state index contributed by atoms with van der Waals surface area (Å²) in [5.41, 5.74) is 0.434.